The van der Waals surface area contributed by atoms with Gasteiger partial charge < -0.3 is 10.2 Å². The Kier molecular flexibility index (Phi) is 7.33. The van der Waals surface area contributed by atoms with Crippen LogP contribution in [0.5, 0.6) is 0 Å². The molecule has 0 saturated heterocycles. The van der Waals surface area contributed by atoms with E-state index >= 15 is 0 Å². The van der Waals surface area contributed by atoms with E-state index in [1.165, 1.54) is 0 Å². The summed E-state index contributed by atoms with van der Waals surface area (Å²) < 4.78 is 0.948. The molecule has 0 unspecified atom stereocenters. The Labute approximate surface area is 96.9 Å². The first kappa shape index (κ1) is 13.7. The first-order valence-electron chi connectivity index (χ1n) is 4.21. The molecule has 0 radical (unpaired) electrons. The number of rotatable bonds is 0. The molecule has 0 fully saturated rings. The van der Waals surface area contributed by atoms with Crippen molar-refractivity contribution in [1.29, 1.82) is 0 Å². The normalized spacial score (nSPS) is 7.93. The molecule has 0 aliphatic heterocycles. The van der Waals surface area contributed by atoms with E-state index in [4.69, 9.17) is 10.2 Å². The number of carboxylic acids is 1. The number of hydrogen-bond acceptors (Lipinski definition) is 2. The number of hydrogen-bond donors (Lipinski definition) is 2. The van der Waals surface area contributed by atoms with E-state index in [1.54, 1.807) is 19.1 Å². The van der Waals surface area contributed by atoms with Crippen LogP contribution in [-0.4, -0.2) is 22.8 Å². The van der Waals surface area contributed by atoms with Crippen molar-refractivity contribution < 1.29 is 15.0 Å². The lowest BCUT2D eigenvalue weighted by Gasteiger charge is -1.88. The van der Waals surface area contributed by atoms with E-state index < -0.39 is 5.97 Å². The Bertz CT molecular complexity index is 360. The van der Waals surface area contributed by atoms with Crippen molar-refractivity contribution in [3.05, 3.63) is 34.3 Å². The zero-order valence-electron chi connectivity index (χ0n) is 8.20. The van der Waals surface area contributed by atoms with Crippen LogP contribution in [0.15, 0.2) is 28.7 Å². The van der Waals surface area contributed by atoms with E-state index in [2.05, 4.69) is 21.9 Å². The van der Waals surface area contributed by atoms with Gasteiger partial charge in [-0.3, -0.25) is 0 Å². The number of aliphatic hydroxyl groups excluding tert-OH is 1. The Morgan fingerprint density at radius 3 is 2.27 bits per heavy atom. The first-order valence-corrected chi connectivity index (χ1v) is 5.00. The smallest absolute Gasteiger partial charge is 0.382 e. The van der Waals surface area contributed by atoms with Gasteiger partial charge in [-0.05, 0) is 31.2 Å². The third kappa shape index (κ3) is 7.74. The fourth-order valence-electron chi connectivity index (χ4n) is 0.659. The molecule has 1 aromatic rings. The lowest BCUT2D eigenvalue weighted by molar-refractivity contribution is -0.130. The molecular weight excluding hydrogens is 260 g/mol. The highest BCUT2D eigenvalue weighted by molar-refractivity contribution is 9.10. The second-order valence-electron chi connectivity index (χ2n) is 2.38. The predicted molar refractivity (Wildman–Crippen MR) is 61.4 cm³/mol. The molecule has 0 heterocycles. The van der Waals surface area contributed by atoms with Crippen molar-refractivity contribution in [3.8, 4) is 11.8 Å². The van der Waals surface area contributed by atoms with Crippen LogP contribution in [0.1, 0.15) is 12.5 Å². The summed E-state index contributed by atoms with van der Waals surface area (Å²) in [4.78, 5) is 10.1. The molecule has 4 heteroatoms. The molecule has 0 aromatic heterocycles. The third-order valence-electron chi connectivity index (χ3n) is 1.16. The van der Waals surface area contributed by atoms with Gasteiger partial charge in [0, 0.05) is 22.6 Å². The molecule has 3 nitrogen and oxygen atoms in total. The topological polar surface area (TPSA) is 57.5 Å². The average molecular weight is 271 g/mol. The van der Waals surface area contributed by atoms with E-state index in [-0.39, 0.29) is 6.61 Å². The lowest BCUT2D eigenvalue weighted by Crippen LogP contribution is -1.86. The number of carbonyl (C=O) groups is 1. The summed E-state index contributed by atoms with van der Waals surface area (Å²) in [6, 6.07) is 7.12. The molecule has 0 spiro atoms. The van der Waals surface area contributed by atoms with Gasteiger partial charge in [-0.25, -0.2) is 4.79 Å². The molecule has 0 bridgehead atoms. The van der Waals surface area contributed by atoms with Crippen LogP contribution >= 0.6 is 15.9 Å². The van der Waals surface area contributed by atoms with Gasteiger partial charge in [0.15, 0.2) is 0 Å². The quantitative estimate of drug-likeness (QED) is 0.708. The van der Waals surface area contributed by atoms with Gasteiger partial charge in [-0.1, -0.05) is 21.9 Å². The largest absolute Gasteiger partial charge is 0.472 e. The monoisotopic (exact) mass is 270 g/mol. The van der Waals surface area contributed by atoms with Gasteiger partial charge in [-0.15, -0.1) is 0 Å². The first-order chi connectivity index (χ1) is 7.10. The molecule has 0 saturated carbocycles. The van der Waals surface area contributed by atoms with Gasteiger partial charge in [0.1, 0.15) is 0 Å². The number of carboxylic acid groups (broad SMARTS) is 1. The molecule has 0 amide bonds. The van der Waals surface area contributed by atoms with Gasteiger partial charge in [0.2, 0.25) is 0 Å². The summed E-state index contributed by atoms with van der Waals surface area (Å²) >= 11 is 3.26. The van der Waals surface area contributed by atoms with Gasteiger partial charge >= 0.3 is 5.97 Å². The molecule has 1 rings (SSSR count). The maximum absolute atomic E-state index is 10.1. The van der Waals surface area contributed by atoms with Crippen molar-refractivity contribution in [1.82, 2.24) is 0 Å². The Balaban J connectivity index is 0.000000583. The van der Waals surface area contributed by atoms with E-state index in [1.807, 2.05) is 18.1 Å². The van der Waals surface area contributed by atoms with Crippen LogP contribution in [0.2, 0.25) is 0 Å². The van der Waals surface area contributed by atoms with Crippen LogP contribution in [0, 0.1) is 11.8 Å². The Morgan fingerprint density at radius 1 is 1.40 bits per heavy atom. The zero-order chi connectivity index (χ0) is 11.7. The summed E-state index contributed by atoms with van der Waals surface area (Å²) in [6.07, 6.45) is 0. The summed E-state index contributed by atoms with van der Waals surface area (Å²) in [5, 5.41) is 15.8. The minimum absolute atomic E-state index is 0.250. The van der Waals surface area contributed by atoms with Crippen LogP contribution < -0.4 is 0 Å². The zero-order valence-corrected chi connectivity index (χ0v) is 9.78. The summed E-state index contributed by atoms with van der Waals surface area (Å²) in [5.74, 6) is 3.42. The van der Waals surface area contributed by atoms with Crippen molar-refractivity contribution in [2.24, 2.45) is 0 Å². The van der Waals surface area contributed by atoms with Gasteiger partial charge in [-0.2, -0.15) is 0 Å². The molecule has 1 aromatic carbocycles. The van der Waals surface area contributed by atoms with Gasteiger partial charge in [0.05, 0.1) is 0 Å². The molecule has 15 heavy (non-hydrogen) atoms. The van der Waals surface area contributed by atoms with Crippen molar-refractivity contribution in [3.63, 3.8) is 0 Å². The van der Waals surface area contributed by atoms with Gasteiger partial charge in [0.25, 0.3) is 0 Å². The number of benzene rings is 1. The second kappa shape index (κ2) is 8.04. The Morgan fingerprint density at radius 2 is 1.87 bits per heavy atom. The average Bonchev–Trinajstić information content (AvgIpc) is 2.18. The second-order valence-corrected chi connectivity index (χ2v) is 3.29. The minimum atomic E-state index is -1.11. The number of halogens is 1. The third-order valence-corrected chi connectivity index (χ3v) is 1.69. The molecule has 2 N–H and O–H groups in total. The highest BCUT2D eigenvalue weighted by atomic mass is 79.9. The number of aliphatic hydroxyl groups is 1. The summed E-state index contributed by atoms with van der Waals surface area (Å²) in [7, 11) is 0. The Hall–Kier alpha value is -1.31. The minimum Gasteiger partial charge on any atom is -0.472 e. The molecular formula is C11H11BrO3. The van der Waals surface area contributed by atoms with Crippen LogP contribution in [0.3, 0.4) is 0 Å². The number of aliphatic carboxylic acids is 1. The summed E-state index contributed by atoms with van der Waals surface area (Å²) in [6.45, 7) is 1.93. The SMILES string of the molecule is CCO.O=C(O)C#Cc1ccc(Br)cc1. The highest BCUT2D eigenvalue weighted by Crippen LogP contribution is 2.09. The standard InChI is InChI=1S/C9H5BrO2.C2H6O/c10-8-4-1-7(2-5-8)3-6-9(11)12;1-2-3/h1-2,4-5H,(H,11,12);3H,2H2,1H3. The maximum Gasteiger partial charge on any atom is 0.382 e. The molecule has 0 atom stereocenters. The molecule has 0 aliphatic rings. The van der Waals surface area contributed by atoms with Crippen LogP contribution in [0.25, 0.3) is 0 Å². The van der Waals surface area contributed by atoms with Crippen molar-refractivity contribution in [2.75, 3.05) is 6.61 Å². The lowest BCUT2D eigenvalue weighted by atomic mass is 10.2. The maximum atomic E-state index is 10.1. The molecule has 80 valence electrons. The van der Waals surface area contributed by atoms with E-state index in [0.717, 1.165) is 4.47 Å². The summed E-state index contributed by atoms with van der Waals surface area (Å²) in [5.41, 5.74) is 0.695. The van der Waals surface area contributed by atoms with E-state index in [9.17, 15) is 4.79 Å². The fourth-order valence-corrected chi connectivity index (χ4v) is 0.923. The van der Waals surface area contributed by atoms with Crippen LogP contribution in [-0.2, 0) is 4.79 Å². The highest BCUT2D eigenvalue weighted by Gasteiger charge is 1.88. The molecule has 0 aliphatic carbocycles. The van der Waals surface area contributed by atoms with Crippen molar-refractivity contribution >= 4 is 21.9 Å². The van der Waals surface area contributed by atoms with Crippen molar-refractivity contribution in [2.45, 2.75) is 6.92 Å². The predicted octanol–water partition coefficient (Wildman–Crippen LogP) is 1.88. The van der Waals surface area contributed by atoms with Crippen LogP contribution in [0.4, 0.5) is 0 Å². The fraction of sp³-hybridized carbons (Fsp3) is 0.182. The van der Waals surface area contributed by atoms with E-state index in [0.29, 0.717) is 5.56 Å².